The van der Waals surface area contributed by atoms with Gasteiger partial charge in [0, 0.05) is 37.2 Å². The predicted octanol–water partition coefficient (Wildman–Crippen LogP) is 4.96. The van der Waals surface area contributed by atoms with Crippen molar-refractivity contribution in [3.8, 4) is 16.6 Å². The average Bonchev–Trinajstić information content (AvgIpc) is 3.67. The van der Waals surface area contributed by atoms with Gasteiger partial charge in [-0.2, -0.15) is 18.4 Å². The number of carbonyl (C=O) groups is 2. The van der Waals surface area contributed by atoms with Gasteiger partial charge in [-0.05, 0) is 42.7 Å². The molecule has 2 aliphatic rings. The van der Waals surface area contributed by atoms with Crippen molar-refractivity contribution in [3.63, 3.8) is 0 Å². The van der Waals surface area contributed by atoms with E-state index in [1.165, 1.54) is 11.5 Å². The Kier molecular flexibility index (Phi) is 8.39. The van der Waals surface area contributed by atoms with Gasteiger partial charge in [-0.25, -0.2) is 14.8 Å². The molecule has 1 N–H and O–H groups in total. The minimum absolute atomic E-state index is 0.0410. The van der Waals surface area contributed by atoms with Crippen molar-refractivity contribution >= 4 is 40.0 Å². The van der Waals surface area contributed by atoms with Crippen molar-refractivity contribution in [1.29, 1.82) is 5.26 Å². The van der Waals surface area contributed by atoms with E-state index in [1.807, 2.05) is 0 Å². The van der Waals surface area contributed by atoms with Gasteiger partial charge in [0.05, 0.1) is 47.9 Å². The third-order valence-corrected chi connectivity index (χ3v) is 9.03. The minimum Gasteiger partial charge on any atom is -0.465 e. The van der Waals surface area contributed by atoms with Crippen LogP contribution in [0.3, 0.4) is 0 Å². The van der Waals surface area contributed by atoms with Crippen molar-refractivity contribution in [2.75, 3.05) is 25.1 Å². The van der Waals surface area contributed by atoms with E-state index in [0.29, 0.717) is 53.4 Å². The Morgan fingerprint density at radius 3 is 2.72 bits per heavy atom. The van der Waals surface area contributed by atoms with Crippen LogP contribution in [0.4, 0.5) is 23.7 Å². The van der Waals surface area contributed by atoms with E-state index < -0.39 is 22.6 Å². The van der Waals surface area contributed by atoms with Gasteiger partial charge in [-0.3, -0.25) is 14.2 Å². The normalized spacial score (nSPS) is 17.8. The largest absolute Gasteiger partial charge is 0.465 e. The molecule has 6 rings (SSSR count). The van der Waals surface area contributed by atoms with Gasteiger partial charge in [0.1, 0.15) is 22.3 Å². The molecule has 4 heterocycles. The van der Waals surface area contributed by atoms with Crippen LogP contribution >= 0.6 is 11.3 Å². The molecule has 0 bridgehead atoms. The predicted molar refractivity (Wildman–Crippen MR) is 161 cm³/mol. The minimum atomic E-state index is -4.58. The van der Waals surface area contributed by atoms with E-state index in [2.05, 4.69) is 16.4 Å². The lowest BCUT2D eigenvalue weighted by Crippen LogP contribution is -2.45. The number of hydrogen-bond acceptors (Lipinski definition) is 10. The summed E-state index contributed by atoms with van der Waals surface area (Å²) in [4.78, 5) is 47.2. The number of nitrogens with zero attached hydrogens (tertiary/aromatic N) is 5. The van der Waals surface area contributed by atoms with Gasteiger partial charge in [0.2, 0.25) is 0 Å². The maximum absolute atomic E-state index is 14.1. The van der Waals surface area contributed by atoms with Gasteiger partial charge in [-0.1, -0.05) is 12.1 Å². The first-order chi connectivity index (χ1) is 22.0. The van der Waals surface area contributed by atoms with Crippen LogP contribution in [0.1, 0.15) is 41.6 Å². The molecule has 2 fully saturated rings. The van der Waals surface area contributed by atoms with Crippen LogP contribution in [0.5, 0.6) is 0 Å². The lowest BCUT2D eigenvalue weighted by Gasteiger charge is -2.33. The lowest BCUT2D eigenvalue weighted by molar-refractivity contribution is -0.141. The van der Waals surface area contributed by atoms with Gasteiger partial charge in [0.15, 0.2) is 0 Å². The topological polar surface area (TPSA) is 139 Å². The SMILES string of the molecule is CC(=O)OCCc1nc2cc(-c3ncc(C(F)(F)F)s3)c(N[C@H]3CCN4C(=O)OC[C@@H]4C3)cc2c(=O)n1Cc1ccc(C#N)cc1. The summed E-state index contributed by atoms with van der Waals surface area (Å²) < 4.78 is 52.4. The Labute approximate surface area is 264 Å². The maximum Gasteiger partial charge on any atom is 0.427 e. The van der Waals surface area contributed by atoms with Crippen LogP contribution in [-0.2, 0) is 33.4 Å². The van der Waals surface area contributed by atoms with E-state index in [9.17, 15) is 27.6 Å². The van der Waals surface area contributed by atoms with E-state index in [0.717, 1.165) is 11.8 Å². The molecule has 2 aromatic carbocycles. The molecule has 2 aromatic heterocycles. The first-order valence-electron chi connectivity index (χ1n) is 14.4. The Bertz CT molecular complexity index is 1920. The van der Waals surface area contributed by atoms with Gasteiger partial charge in [0.25, 0.3) is 5.56 Å². The summed E-state index contributed by atoms with van der Waals surface area (Å²) in [6.45, 7) is 2.04. The van der Waals surface area contributed by atoms with Crippen LogP contribution < -0.4 is 10.9 Å². The number of benzene rings is 2. The average molecular weight is 653 g/mol. The molecule has 11 nitrogen and oxygen atoms in total. The number of thiazole rings is 1. The molecule has 2 aliphatic heterocycles. The fourth-order valence-electron chi connectivity index (χ4n) is 5.70. The number of fused-ring (bicyclic) bond motifs is 2. The number of nitrogens with one attached hydrogen (secondary N) is 1. The number of anilines is 1. The van der Waals surface area contributed by atoms with Crippen LogP contribution in [0.2, 0.25) is 0 Å². The van der Waals surface area contributed by atoms with Crippen LogP contribution in [-0.4, -0.2) is 63.3 Å². The molecule has 1 amide bonds. The highest BCUT2D eigenvalue weighted by molar-refractivity contribution is 7.15. The van der Waals surface area contributed by atoms with E-state index in [-0.39, 0.29) is 60.3 Å². The zero-order chi connectivity index (χ0) is 32.6. The summed E-state index contributed by atoms with van der Waals surface area (Å²) in [5.41, 5.74) is 1.79. The van der Waals surface area contributed by atoms with E-state index in [1.54, 1.807) is 41.3 Å². The molecule has 2 saturated heterocycles. The number of esters is 1. The molecule has 0 unspecified atom stereocenters. The Morgan fingerprint density at radius 1 is 1.24 bits per heavy atom. The monoisotopic (exact) mass is 652 g/mol. The summed E-state index contributed by atoms with van der Waals surface area (Å²) in [6, 6.07) is 11.6. The van der Waals surface area contributed by atoms with E-state index >= 15 is 0 Å². The summed E-state index contributed by atoms with van der Waals surface area (Å²) in [5, 5.41) is 12.9. The number of nitriles is 1. The highest BCUT2D eigenvalue weighted by Crippen LogP contribution is 2.40. The summed E-state index contributed by atoms with van der Waals surface area (Å²) in [5.74, 6) is -0.188. The van der Waals surface area contributed by atoms with Crippen LogP contribution in [0, 0.1) is 11.3 Å². The van der Waals surface area contributed by atoms with Crippen molar-refractivity contribution in [2.24, 2.45) is 0 Å². The first-order valence-corrected chi connectivity index (χ1v) is 15.2. The quantitative estimate of drug-likeness (QED) is 0.262. The Balaban J connectivity index is 1.45. The molecule has 238 valence electrons. The van der Waals surface area contributed by atoms with Crippen LogP contribution in [0.15, 0.2) is 47.4 Å². The first kappa shape index (κ1) is 31.0. The van der Waals surface area contributed by atoms with Crippen molar-refractivity contribution in [2.45, 2.75) is 51.0 Å². The van der Waals surface area contributed by atoms with Crippen molar-refractivity contribution in [1.82, 2.24) is 19.4 Å². The highest BCUT2D eigenvalue weighted by atomic mass is 32.1. The number of alkyl halides is 3. The zero-order valence-electron chi connectivity index (χ0n) is 24.5. The summed E-state index contributed by atoms with van der Waals surface area (Å²) >= 11 is 0.486. The summed E-state index contributed by atoms with van der Waals surface area (Å²) in [6.07, 6.45) is -2.95. The molecule has 4 aromatic rings. The lowest BCUT2D eigenvalue weighted by atomic mass is 9.97. The zero-order valence-corrected chi connectivity index (χ0v) is 25.3. The number of aromatic nitrogens is 3. The number of ether oxygens (including phenoxy) is 2. The maximum atomic E-state index is 14.1. The summed E-state index contributed by atoms with van der Waals surface area (Å²) in [7, 11) is 0. The number of amides is 1. The van der Waals surface area contributed by atoms with Gasteiger partial charge in [-0.15, -0.1) is 11.3 Å². The molecule has 46 heavy (non-hydrogen) atoms. The highest BCUT2D eigenvalue weighted by Gasteiger charge is 2.38. The number of rotatable bonds is 8. The van der Waals surface area contributed by atoms with Gasteiger partial charge >= 0.3 is 18.2 Å². The molecule has 0 spiro atoms. The van der Waals surface area contributed by atoms with Crippen LogP contribution in [0.25, 0.3) is 21.5 Å². The number of halogens is 3. The van der Waals surface area contributed by atoms with Crippen molar-refractivity contribution in [3.05, 3.63) is 74.8 Å². The number of piperidine rings is 1. The number of hydrogen-bond donors (Lipinski definition) is 1. The Morgan fingerprint density at radius 2 is 2.02 bits per heavy atom. The Hall–Kier alpha value is -4.97. The van der Waals surface area contributed by atoms with Crippen molar-refractivity contribution < 1.29 is 32.2 Å². The molecular weight excluding hydrogens is 625 g/mol. The third-order valence-electron chi connectivity index (χ3n) is 7.95. The molecular formula is C31H27F3N6O5S. The second-order valence-electron chi connectivity index (χ2n) is 11.1. The third kappa shape index (κ3) is 6.38. The molecule has 0 radical (unpaired) electrons. The molecule has 15 heteroatoms. The number of cyclic esters (lactones) is 1. The second-order valence-corrected chi connectivity index (χ2v) is 12.1. The molecule has 0 saturated carbocycles. The fourth-order valence-corrected chi connectivity index (χ4v) is 6.51. The van der Waals surface area contributed by atoms with Gasteiger partial charge < -0.3 is 19.7 Å². The standard InChI is InChI=1S/C31H27F3N6O5S/c1-17(41)44-9-7-27-38-25-11-22(28-36-14-26(46-28)31(32,33)34)24(37-20-6-8-39-21(10-20)16-45-30(39)43)12-23(25)29(42)40(27)15-19-4-2-18(13-35)3-5-19/h2-5,11-12,14,20-21,37H,6-10,15-16H2,1H3/t20-,21-/m0/s1. The molecule has 0 aliphatic carbocycles. The fraction of sp³-hybridized carbons (Fsp3) is 0.355. The van der Waals surface area contributed by atoms with E-state index in [4.69, 9.17) is 19.7 Å². The number of carbonyl (C=O) groups excluding carboxylic acids is 2. The smallest absolute Gasteiger partial charge is 0.427 e. The molecule has 2 atom stereocenters. The second kappa shape index (κ2) is 12.4.